The van der Waals surface area contributed by atoms with Gasteiger partial charge in [-0.3, -0.25) is 9.59 Å². The second-order valence-electron chi connectivity index (χ2n) is 11.3. The molecule has 2 aromatic carbocycles. The summed E-state index contributed by atoms with van der Waals surface area (Å²) in [6.45, 7) is 2.79. The molecule has 0 radical (unpaired) electrons. The smallest absolute Gasteiger partial charge is 0.340 e. The Balaban J connectivity index is 1.20. The maximum atomic E-state index is 12.6. The van der Waals surface area contributed by atoms with Crippen molar-refractivity contribution in [2.45, 2.75) is 51.4 Å². The lowest BCUT2D eigenvalue weighted by Crippen LogP contribution is -2.41. The van der Waals surface area contributed by atoms with E-state index in [0.717, 1.165) is 31.2 Å². The third kappa shape index (κ3) is 14.9. The van der Waals surface area contributed by atoms with Gasteiger partial charge < -0.3 is 35.0 Å². The predicted octanol–water partition coefficient (Wildman–Crippen LogP) is 2.63. The maximum absolute atomic E-state index is 12.6. The van der Waals surface area contributed by atoms with Gasteiger partial charge in [-0.05, 0) is 55.2 Å². The number of urea groups is 1. The fraction of sp³-hybridized carbons (Fsp3) is 0.529. The number of benzene rings is 2. The standard InChI is InChI=1S/C34H48N4O8/c1-43-21-22-45-24-23-44-20-19-36-33(42)35-18-15-30(39)37-26-34(16-17-34)32(41)46-38-31(40)25-29-13-11-28(12-14-29)10-6-5-9-27-7-3-2-4-8-27/h2-4,7-8,11-14H,5-6,9-10,15-26H2,1H3,(H,37,39)(H,38,40)(H2,35,36,42). The zero-order chi connectivity index (χ0) is 32.9. The molecule has 0 atom stereocenters. The van der Waals surface area contributed by atoms with Crippen LogP contribution in [0.15, 0.2) is 54.6 Å². The normalized spacial score (nSPS) is 13.0. The van der Waals surface area contributed by atoms with Gasteiger partial charge >= 0.3 is 12.0 Å². The fourth-order valence-corrected chi connectivity index (χ4v) is 4.57. The molecular weight excluding hydrogens is 592 g/mol. The third-order valence-electron chi connectivity index (χ3n) is 7.55. The van der Waals surface area contributed by atoms with Gasteiger partial charge in [-0.15, -0.1) is 0 Å². The first-order valence-corrected chi connectivity index (χ1v) is 15.9. The molecule has 12 nitrogen and oxygen atoms in total. The number of methoxy groups -OCH3 is 1. The van der Waals surface area contributed by atoms with Gasteiger partial charge in [0.15, 0.2) is 0 Å². The molecule has 0 aromatic heterocycles. The zero-order valence-corrected chi connectivity index (χ0v) is 26.8. The highest BCUT2D eigenvalue weighted by molar-refractivity contribution is 5.84. The first-order chi connectivity index (χ1) is 22.4. The van der Waals surface area contributed by atoms with E-state index in [2.05, 4.69) is 45.7 Å². The molecule has 3 rings (SSSR count). The van der Waals surface area contributed by atoms with Gasteiger partial charge in [0.2, 0.25) is 5.91 Å². The average Bonchev–Trinajstić information content (AvgIpc) is 3.86. The van der Waals surface area contributed by atoms with Crippen LogP contribution in [0, 0.1) is 5.41 Å². The Morgan fingerprint density at radius 1 is 0.696 bits per heavy atom. The first kappa shape index (κ1) is 36.5. The van der Waals surface area contributed by atoms with E-state index in [1.54, 1.807) is 7.11 Å². The fourth-order valence-electron chi connectivity index (χ4n) is 4.57. The molecule has 1 aliphatic carbocycles. The van der Waals surface area contributed by atoms with Crippen LogP contribution in [0.5, 0.6) is 0 Å². The zero-order valence-electron chi connectivity index (χ0n) is 26.8. The number of unbranched alkanes of at least 4 members (excludes halogenated alkanes) is 1. The summed E-state index contributed by atoms with van der Waals surface area (Å²) < 4.78 is 15.5. The van der Waals surface area contributed by atoms with Crippen molar-refractivity contribution in [1.29, 1.82) is 0 Å². The summed E-state index contributed by atoms with van der Waals surface area (Å²) in [5, 5.41) is 7.96. The molecule has 0 aliphatic heterocycles. The highest BCUT2D eigenvalue weighted by Crippen LogP contribution is 2.46. The average molecular weight is 641 g/mol. The molecule has 0 spiro atoms. The predicted molar refractivity (Wildman–Crippen MR) is 172 cm³/mol. The largest absolute Gasteiger partial charge is 0.382 e. The van der Waals surface area contributed by atoms with Crippen molar-refractivity contribution >= 4 is 23.8 Å². The summed E-state index contributed by atoms with van der Waals surface area (Å²) in [6, 6.07) is 17.9. The number of rotatable bonds is 22. The Morgan fingerprint density at radius 3 is 1.98 bits per heavy atom. The van der Waals surface area contributed by atoms with Gasteiger partial charge in [-0.1, -0.05) is 54.6 Å². The Kier molecular flexibility index (Phi) is 16.6. The minimum Gasteiger partial charge on any atom is -0.382 e. The van der Waals surface area contributed by atoms with Crippen molar-refractivity contribution in [3.63, 3.8) is 0 Å². The summed E-state index contributed by atoms with van der Waals surface area (Å²) in [7, 11) is 1.60. The Bertz CT molecular complexity index is 1210. The van der Waals surface area contributed by atoms with E-state index in [4.69, 9.17) is 19.0 Å². The molecule has 0 bridgehead atoms. The van der Waals surface area contributed by atoms with Crippen molar-refractivity contribution < 1.29 is 38.2 Å². The van der Waals surface area contributed by atoms with Gasteiger partial charge in [-0.25, -0.2) is 9.59 Å². The van der Waals surface area contributed by atoms with Crippen LogP contribution in [-0.2, 0) is 52.7 Å². The van der Waals surface area contributed by atoms with Gasteiger partial charge in [-0.2, -0.15) is 5.48 Å². The number of amides is 4. The van der Waals surface area contributed by atoms with Crippen LogP contribution in [0.3, 0.4) is 0 Å². The lowest BCUT2D eigenvalue weighted by molar-refractivity contribution is -0.163. The van der Waals surface area contributed by atoms with E-state index in [9.17, 15) is 19.2 Å². The van der Waals surface area contributed by atoms with E-state index in [0.29, 0.717) is 52.4 Å². The van der Waals surface area contributed by atoms with Crippen molar-refractivity contribution in [1.82, 2.24) is 21.4 Å². The quantitative estimate of drug-likeness (QED) is 0.113. The third-order valence-corrected chi connectivity index (χ3v) is 7.55. The molecule has 1 saturated carbocycles. The second-order valence-corrected chi connectivity index (χ2v) is 11.3. The Morgan fingerprint density at radius 2 is 1.30 bits per heavy atom. The minimum atomic E-state index is -0.843. The Labute approximate surface area is 271 Å². The SMILES string of the molecule is COCCOCCOCCNC(=O)NCCC(=O)NCC1(C(=O)ONC(=O)Cc2ccc(CCCCc3ccccc3)cc2)CC1. The lowest BCUT2D eigenvalue weighted by atomic mass is 10.0. The molecule has 1 aliphatic rings. The molecule has 2 aromatic rings. The molecule has 0 saturated heterocycles. The number of carbonyl (C=O) groups is 4. The topological polar surface area (TPSA) is 153 Å². The van der Waals surface area contributed by atoms with Gasteiger partial charge in [0.05, 0.1) is 44.9 Å². The number of carbonyl (C=O) groups excluding carboxylic acids is 4. The summed E-state index contributed by atoms with van der Waals surface area (Å²) in [4.78, 5) is 54.1. The number of hydrogen-bond acceptors (Lipinski definition) is 8. The van der Waals surface area contributed by atoms with Crippen molar-refractivity contribution in [2.75, 3.05) is 59.8 Å². The molecule has 0 heterocycles. The van der Waals surface area contributed by atoms with Gasteiger partial charge in [0.25, 0.3) is 5.91 Å². The van der Waals surface area contributed by atoms with E-state index in [-0.39, 0.29) is 31.8 Å². The molecule has 4 N–H and O–H groups in total. The Hall–Kier alpha value is -4.00. The number of aryl methyl sites for hydroxylation is 2. The maximum Gasteiger partial charge on any atom is 0.340 e. The second kappa shape index (κ2) is 20.9. The summed E-state index contributed by atoms with van der Waals surface area (Å²) >= 11 is 0. The highest BCUT2D eigenvalue weighted by Gasteiger charge is 2.52. The summed E-state index contributed by atoms with van der Waals surface area (Å²) in [5.74, 6) is -1.31. The number of hydroxylamine groups is 1. The lowest BCUT2D eigenvalue weighted by Gasteiger charge is -2.15. The molecule has 46 heavy (non-hydrogen) atoms. The van der Waals surface area contributed by atoms with Crippen molar-refractivity contribution in [3.8, 4) is 0 Å². The highest BCUT2D eigenvalue weighted by atomic mass is 16.7. The van der Waals surface area contributed by atoms with E-state index in [1.807, 2.05) is 30.3 Å². The first-order valence-electron chi connectivity index (χ1n) is 15.9. The minimum absolute atomic E-state index is 0.0527. The number of nitrogens with one attached hydrogen (secondary N) is 4. The van der Waals surface area contributed by atoms with Crippen LogP contribution in [0.4, 0.5) is 4.79 Å². The van der Waals surface area contributed by atoms with E-state index < -0.39 is 23.3 Å². The van der Waals surface area contributed by atoms with E-state index >= 15 is 0 Å². The van der Waals surface area contributed by atoms with Crippen molar-refractivity contribution in [2.24, 2.45) is 5.41 Å². The molecular formula is C34H48N4O8. The molecule has 1 fully saturated rings. The molecule has 252 valence electrons. The van der Waals surface area contributed by atoms with Gasteiger partial charge in [0.1, 0.15) is 0 Å². The van der Waals surface area contributed by atoms with Crippen LogP contribution in [0.1, 0.15) is 48.8 Å². The van der Waals surface area contributed by atoms with Crippen LogP contribution in [0.25, 0.3) is 0 Å². The van der Waals surface area contributed by atoms with Crippen molar-refractivity contribution in [3.05, 3.63) is 71.3 Å². The van der Waals surface area contributed by atoms with Crippen LogP contribution in [-0.4, -0.2) is 83.6 Å². The molecule has 0 unspecified atom stereocenters. The van der Waals surface area contributed by atoms with Gasteiger partial charge in [0, 0.05) is 33.2 Å². The summed E-state index contributed by atoms with van der Waals surface area (Å²) in [6.07, 6.45) is 5.49. The van der Waals surface area contributed by atoms with E-state index in [1.165, 1.54) is 11.1 Å². The monoisotopic (exact) mass is 640 g/mol. The number of hydrogen-bond donors (Lipinski definition) is 4. The van der Waals surface area contributed by atoms with Crippen LogP contribution >= 0.6 is 0 Å². The molecule has 4 amide bonds. The number of ether oxygens (including phenoxy) is 3. The summed E-state index contributed by atoms with van der Waals surface area (Å²) in [5.41, 5.74) is 4.80. The van der Waals surface area contributed by atoms with Crippen LogP contribution < -0.4 is 21.4 Å². The van der Waals surface area contributed by atoms with Crippen LogP contribution in [0.2, 0.25) is 0 Å². The molecule has 12 heteroatoms.